The first-order valence-corrected chi connectivity index (χ1v) is 10.4. The van der Waals surface area contributed by atoms with Crippen molar-refractivity contribution in [3.8, 4) is 0 Å². The molecule has 0 spiro atoms. The lowest BCUT2D eigenvalue weighted by Gasteiger charge is -2.35. The Kier molecular flexibility index (Phi) is 8.68. The number of urea groups is 1. The number of hydrogen-bond donors (Lipinski definition) is 1. The Hall–Kier alpha value is -1.89. The average Bonchev–Trinajstić information content (AvgIpc) is 2.71. The van der Waals surface area contributed by atoms with Gasteiger partial charge in [-0.05, 0) is 59.1 Å². The molecule has 0 radical (unpaired) electrons. The number of nitrogens with zero attached hydrogens (tertiary/aromatic N) is 4. The molecule has 1 unspecified atom stereocenters. The minimum absolute atomic E-state index is 0.117. The summed E-state index contributed by atoms with van der Waals surface area (Å²) in [6.45, 7) is 9.26. The van der Waals surface area contributed by atoms with Crippen molar-refractivity contribution in [3.63, 3.8) is 0 Å². The fourth-order valence-electron chi connectivity index (χ4n) is 3.35. The van der Waals surface area contributed by atoms with Gasteiger partial charge in [-0.15, -0.1) is 0 Å². The zero-order chi connectivity index (χ0) is 21.6. The molecule has 1 aliphatic heterocycles. The van der Waals surface area contributed by atoms with E-state index in [1.54, 1.807) is 17.3 Å². The van der Waals surface area contributed by atoms with E-state index >= 15 is 0 Å². The molecule has 0 aromatic heterocycles. The van der Waals surface area contributed by atoms with E-state index in [0.29, 0.717) is 21.3 Å². The van der Waals surface area contributed by atoms with Crippen LogP contribution in [0.5, 0.6) is 0 Å². The minimum atomic E-state index is -0.298. The lowest BCUT2D eigenvalue weighted by Crippen LogP contribution is -2.48. The summed E-state index contributed by atoms with van der Waals surface area (Å²) in [5.41, 5.74) is 1.91. The number of benzene rings is 1. The molecule has 0 bridgehead atoms. The Morgan fingerprint density at radius 1 is 1.34 bits per heavy atom. The predicted molar refractivity (Wildman–Crippen MR) is 123 cm³/mol. The van der Waals surface area contributed by atoms with Gasteiger partial charge in [0.25, 0.3) is 0 Å². The number of carbonyl (C=O) groups excluding carboxylic acids is 1. The van der Waals surface area contributed by atoms with E-state index in [1.807, 2.05) is 33.0 Å². The summed E-state index contributed by atoms with van der Waals surface area (Å²) in [5.74, 6) is 0. The zero-order valence-electron chi connectivity index (χ0n) is 17.5. The summed E-state index contributed by atoms with van der Waals surface area (Å²) in [5, 5.41) is 3.77. The third kappa shape index (κ3) is 5.81. The molecule has 1 fully saturated rings. The third-order valence-corrected chi connectivity index (χ3v) is 6.16. The van der Waals surface area contributed by atoms with E-state index in [-0.39, 0.29) is 18.1 Å². The molecule has 1 heterocycles. The normalized spacial score (nSPS) is 17.4. The van der Waals surface area contributed by atoms with Crippen molar-refractivity contribution >= 4 is 47.9 Å². The summed E-state index contributed by atoms with van der Waals surface area (Å²) in [6.07, 6.45) is 5.17. The van der Waals surface area contributed by atoms with Crippen LogP contribution in [0.1, 0.15) is 43.9 Å². The van der Waals surface area contributed by atoms with Gasteiger partial charge >= 0.3 is 6.03 Å². The molecule has 1 saturated heterocycles. The maximum Gasteiger partial charge on any atom is 0.317 e. The fourth-order valence-corrected chi connectivity index (χ4v) is 3.95. The van der Waals surface area contributed by atoms with E-state index in [0.717, 1.165) is 31.5 Å². The molecule has 8 heteroatoms. The number of amides is 2. The first kappa shape index (κ1) is 23.4. The van der Waals surface area contributed by atoms with Gasteiger partial charge in [-0.3, -0.25) is 9.98 Å². The maximum absolute atomic E-state index is 12.7. The highest BCUT2D eigenvalue weighted by atomic mass is 35.5. The van der Waals surface area contributed by atoms with Crippen LogP contribution in [-0.4, -0.2) is 62.0 Å². The zero-order valence-corrected chi connectivity index (χ0v) is 19.0. The second-order valence-corrected chi connectivity index (χ2v) is 7.98. The lowest BCUT2D eigenvalue weighted by molar-refractivity contribution is 0.146. The van der Waals surface area contributed by atoms with Crippen molar-refractivity contribution < 1.29 is 4.79 Å². The lowest BCUT2D eigenvalue weighted by atomic mass is 10.0. The van der Waals surface area contributed by atoms with E-state index in [9.17, 15) is 4.79 Å². The van der Waals surface area contributed by atoms with Gasteiger partial charge in [0.05, 0.1) is 28.0 Å². The minimum Gasteiger partial charge on any atom is -0.331 e. The van der Waals surface area contributed by atoms with Crippen LogP contribution in [0, 0.1) is 0 Å². The first-order valence-electron chi connectivity index (χ1n) is 9.64. The second kappa shape index (κ2) is 10.8. The molecule has 29 heavy (non-hydrogen) atoms. The number of hydrogen-bond acceptors (Lipinski definition) is 4. The predicted octanol–water partition coefficient (Wildman–Crippen LogP) is 4.88. The van der Waals surface area contributed by atoms with E-state index in [1.165, 1.54) is 0 Å². The van der Waals surface area contributed by atoms with Crippen molar-refractivity contribution in [2.24, 2.45) is 9.98 Å². The SMILES string of the molecule is C=N/C(=C\N=CC)c1ccc(C(C)NC(=O)N(C)C2CCN(C)CC2)c(Cl)c1Cl. The van der Waals surface area contributed by atoms with Gasteiger partial charge in [0.1, 0.15) is 0 Å². The monoisotopic (exact) mass is 437 g/mol. The van der Waals surface area contributed by atoms with Gasteiger partial charge in [-0.1, -0.05) is 35.3 Å². The summed E-state index contributed by atoms with van der Waals surface area (Å²) in [4.78, 5) is 24.8. The third-order valence-electron chi connectivity index (χ3n) is 5.27. The molecule has 1 atom stereocenters. The molecule has 158 valence electrons. The van der Waals surface area contributed by atoms with Crippen molar-refractivity contribution in [2.75, 3.05) is 27.2 Å². The number of carbonyl (C=O) groups is 1. The molecular formula is C21H29Cl2N5O. The summed E-state index contributed by atoms with van der Waals surface area (Å²) >= 11 is 13.0. The number of piperidine rings is 1. The molecule has 1 aromatic rings. The second-order valence-electron chi connectivity index (χ2n) is 7.23. The highest BCUT2D eigenvalue weighted by Crippen LogP contribution is 2.36. The van der Waals surface area contributed by atoms with Crippen LogP contribution in [-0.2, 0) is 0 Å². The highest BCUT2D eigenvalue weighted by molar-refractivity contribution is 6.43. The number of halogens is 2. The molecule has 0 saturated carbocycles. The largest absolute Gasteiger partial charge is 0.331 e. The Bertz CT molecular complexity index is 801. The van der Waals surface area contributed by atoms with Crippen molar-refractivity contribution in [3.05, 3.63) is 39.5 Å². The topological polar surface area (TPSA) is 60.3 Å². The van der Waals surface area contributed by atoms with Gasteiger partial charge in [0.15, 0.2) is 0 Å². The van der Waals surface area contributed by atoms with Gasteiger partial charge in [0, 0.05) is 24.9 Å². The van der Waals surface area contributed by atoms with Crippen molar-refractivity contribution in [1.29, 1.82) is 0 Å². The summed E-state index contributed by atoms with van der Waals surface area (Å²) in [7, 11) is 3.95. The smallest absolute Gasteiger partial charge is 0.317 e. The maximum atomic E-state index is 12.7. The van der Waals surface area contributed by atoms with Crippen LogP contribution in [0.3, 0.4) is 0 Å². The summed E-state index contributed by atoms with van der Waals surface area (Å²) < 4.78 is 0. The van der Waals surface area contributed by atoms with Crippen molar-refractivity contribution in [2.45, 2.75) is 38.8 Å². The van der Waals surface area contributed by atoms with Gasteiger partial charge in [-0.2, -0.15) is 0 Å². The molecule has 1 N–H and O–H groups in total. The Morgan fingerprint density at radius 2 is 2.00 bits per heavy atom. The van der Waals surface area contributed by atoms with Gasteiger partial charge in [-0.25, -0.2) is 4.79 Å². The Morgan fingerprint density at radius 3 is 2.59 bits per heavy atom. The number of aliphatic imine (C=N–C) groups is 2. The van der Waals surface area contributed by atoms with Crippen LogP contribution >= 0.6 is 23.2 Å². The number of rotatable bonds is 6. The molecular weight excluding hydrogens is 409 g/mol. The van der Waals surface area contributed by atoms with Crippen LogP contribution < -0.4 is 5.32 Å². The molecule has 1 aromatic carbocycles. The first-order chi connectivity index (χ1) is 13.8. The molecule has 2 amide bonds. The van der Waals surface area contributed by atoms with Crippen molar-refractivity contribution in [1.82, 2.24) is 15.1 Å². The molecule has 6 nitrogen and oxygen atoms in total. The van der Waals surface area contributed by atoms with Crippen LogP contribution in [0.25, 0.3) is 5.70 Å². The van der Waals surface area contributed by atoms with Crippen LogP contribution in [0.15, 0.2) is 28.3 Å². The van der Waals surface area contributed by atoms with Crippen LogP contribution in [0.4, 0.5) is 4.79 Å². The molecule has 1 aliphatic rings. The van der Waals surface area contributed by atoms with E-state index in [4.69, 9.17) is 23.2 Å². The standard InChI is InChI=1S/C21H29Cl2N5O/c1-6-25-13-18(24-3)17-8-7-16(19(22)20(17)23)14(2)26-21(29)28(5)15-9-11-27(4)12-10-15/h6-8,13-15H,3,9-12H2,1-2,4-5H3,(H,26,29)/b18-13-,25-6?. The van der Waals surface area contributed by atoms with Crippen LogP contribution in [0.2, 0.25) is 10.0 Å². The van der Waals surface area contributed by atoms with Gasteiger partial charge < -0.3 is 15.1 Å². The molecule has 0 aliphatic carbocycles. The number of likely N-dealkylation sites (tertiary alicyclic amines) is 1. The highest BCUT2D eigenvalue weighted by Gasteiger charge is 2.25. The Balaban J connectivity index is 2.14. The Labute approximate surface area is 183 Å². The quantitative estimate of drug-likeness (QED) is 0.644. The van der Waals surface area contributed by atoms with E-state index < -0.39 is 0 Å². The van der Waals surface area contributed by atoms with E-state index in [2.05, 4.69) is 34.0 Å². The average molecular weight is 438 g/mol. The fraction of sp³-hybridized carbons (Fsp3) is 0.476. The summed E-state index contributed by atoms with van der Waals surface area (Å²) in [6, 6.07) is 3.49. The van der Waals surface area contributed by atoms with Gasteiger partial charge in [0.2, 0.25) is 0 Å². The molecule has 2 rings (SSSR count). The number of nitrogens with one attached hydrogen (secondary N) is 1.